The van der Waals surface area contributed by atoms with Crippen LogP contribution in [0.4, 0.5) is 0 Å². The lowest BCUT2D eigenvalue weighted by atomic mass is 10.1. The maximum Gasteiger partial charge on any atom is 0.140 e. The quantitative estimate of drug-likeness (QED) is 0.797. The molecule has 0 N–H and O–H groups in total. The number of Topliss-reactive ketones (excluding diaryl/α,β-unsaturated/α-hetero) is 1. The number of ether oxygens (including phenoxy) is 1. The van der Waals surface area contributed by atoms with Crippen molar-refractivity contribution in [3.8, 4) is 5.75 Å². The third-order valence-electron chi connectivity index (χ3n) is 3.13. The van der Waals surface area contributed by atoms with E-state index in [0.717, 1.165) is 23.6 Å². The molecule has 0 saturated heterocycles. The third-order valence-corrected chi connectivity index (χ3v) is 3.13. The van der Waals surface area contributed by atoms with E-state index in [2.05, 4.69) is 4.98 Å². The number of nitrogens with zero attached hydrogens (tertiary/aromatic N) is 2. The summed E-state index contributed by atoms with van der Waals surface area (Å²) in [5.74, 6) is 1.87. The summed E-state index contributed by atoms with van der Waals surface area (Å²) < 4.78 is 6.98. The van der Waals surface area contributed by atoms with Gasteiger partial charge in [-0.05, 0) is 24.1 Å². The lowest BCUT2D eigenvalue weighted by Gasteiger charge is -2.04. The molecule has 0 spiro atoms. The molecule has 100 valence electrons. The monoisotopic (exact) mass is 258 g/mol. The van der Waals surface area contributed by atoms with E-state index < -0.39 is 0 Å². The number of rotatable bonds is 6. The van der Waals surface area contributed by atoms with Crippen molar-refractivity contribution in [3.63, 3.8) is 0 Å². The van der Waals surface area contributed by atoms with Crippen LogP contribution in [0.15, 0.2) is 36.7 Å². The van der Waals surface area contributed by atoms with Gasteiger partial charge in [0.2, 0.25) is 0 Å². The summed E-state index contributed by atoms with van der Waals surface area (Å²) in [6.45, 7) is 0. The van der Waals surface area contributed by atoms with Gasteiger partial charge in [0.05, 0.1) is 13.5 Å². The summed E-state index contributed by atoms with van der Waals surface area (Å²) in [6, 6.07) is 7.82. The van der Waals surface area contributed by atoms with Crippen LogP contribution in [0.3, 0.4) is 0 Å². The van der Waals surface area contributed by atoms with Crippen molar-refractivity contribution in [2.45, 2.75) is 19.3 Å². The first-order valence-electron chi connectivity index (χ1n) is 6.30. The van der Waals surface area contributed by atoms with Crippen molar-refractivity contribution in [3.05, 3.63) is 48.0 Å². The smallest absolute Gasteiger partial charge is 0.140 e. The van der Waals surface area contributed by atoms with Crippen LogP contribution in [0.25, 0.3) is 0 Å². The highest BCUT2D eigenvalue weighted by Crippen LogP contribution is 2.13. The van der Waals surface area contributed by atoms with Crippen LogP contribution >= 0.6 is 0 Å². The van der Waals surface area contributed by atoms with Gasteiger partial charge >= 0.3 is 0 Å². The Labute approximate surface area is 113 Å². The lowest BCUT2D eigenvalue weighted by molar-refractivity contribution is -0.118. The first-order valence-corrected chi connectivity index (χ1v) is 6.30. The van der Waals surface area contributed by atoms with Gasteiger partial charge in [0.1, 0.15) is 17.4 Å². The average Bonchev–Trinajstić information content (AvgIpc) is 2.82. The number of hydrogen-bond donors (Lipinski definition) is 0. The molecule has 0 unspecified atom stereocenters. The van der Waals surface area contributed by atoms with E-state index >= 15 is 0 Å². The predicted molar refractivity (Wildman–Crippen MR) is 73.2 cm³/mol. The molecule has 0 fully saturated rings. The Morgan fingerprint density at radius 3 is 2.63 bits per heavy atom. The fourth-order valence-electron chi connectivity index (χ4n) is 1.91. The predicted octanol–water partition coefficient (Wildman–Crippen LogP) is 2.17. The third kappa shape index (κ3) is 3.68. The molecular weight excluding hydrogens is 240 g/mol. The van der Waals surface area contributed by atoms with E-state index in [1.807, 2.05) is 42.1 Å². The Morgan fingerprint density at radius 1 is 1.32 bits per heavy atom. The fraction of sp³-hybridized carbons (Fsp3) is 0.333. The summed E-state index contributed by atoms with van der Waals surface area (Å²) in [5, 5.41) is 0. The number of methoxy groups -OCH3 is 1. The minimum Gasteiger partial charge on any atom is -0.497 e. The van der Waals surface area contributed by atoms with Crippen LogP contribution in [-0.4, -0.2) is 22.4 Å². The van der Waals surface area contributed by atoms with Crippen LogP contribution in [0.5, 0.6) is 5.75 Å². The summed E-state index contributed by atoms with van der Waals surface area (Å²) in [4.78, 5) is 16.0. The van der Waals surface area contributed by atoms with E-state index in [1.165, 1.54) is 0 Å². The van der Waals surface area contributed by atoms with Crippen LogP contribution in [0, 0.1) is 0 Å². The van der Waals surface area contributed by atoms with E-state index in [1.54, 1.807) is 13.3 Å². The van der Waals surface area contributed by atoms with Gasteiger partial charge in [0.25, 0.3) is 0 Å². The summed E-state index contributed by atoms with van der Waals surface area (Å²) in [7, 11) is 3.55. The molecule has 0 radical (unpaired) electrons. The topological polar surface area (TPSA) is 44.1 Å². The molecule has 1 heterocycles. The van der Waals surface area contributed by atoms with Crippen LogP contribution in [-0.2, 0) is 24.7 Å². The van der Waals surface area contributed by atoms with E-state index in [4.69, 9.17) is 4.74 Å². The molecule has 0 aliphatic carbocycles. The number of carbonyl (C=O) groups is 1. The van der Waals surface area contributed by atoms with Gasteiger partial charge in [-0.2, -0.15) is 0 Å². The summed E-state index contributed by atoms with van der Waals surface area (Å²) in [6.07, 6.45) is 5.27. The average molecular weight is 258 g/mol. The van der Waals surface area contributed by atoms with Crippen molar-refractivity contribution in [1.29, 1.82) is 0 Å². The molecule has 1 aromatic heterocycles. The Balaban J connectivity index is 1.84. The zero-order valence-electron chi connectivity index (χ0n) is 11.3. The molecule has 2 aromatic rings. The largest absolute Gasteiger partial charge is 0.497 e. The number of imidazole rings is 1. The van der Waals surface area contributed by atoms with Crippen LogP contribution in [0.2, 0.25) is 0 Å². The van der Waals surface area contributed by atoms with Gasteiger partial charge in [0, 0.05) is 25.9 Å². The first kappa shape index (κ1) is 13.3. The minimum absolute atomic E-state index is 0.213. The van der Waals surface area contributed by atoms with E-state index in [-0.39, 0.29) is 5.78 Å². The minimum atomic E-state index is 0.213. The van der Waals surface area contributed by atoms with Crippen LogP contribution in [0.1, 0.15) is 17.8 Å². The zero-order valence-corrected chi connectivity index (χ0v) is 11.3. The number of ketones is 1. The highest BCUT2D eigenvalue weighted by Gasteiger charge is 2.07. The maximum absolute atomic E-state index is 11.9. The molecular formula is C15H18N2O2. The Hall–Kier alpha value is -2.10. The van der Waals surface area contributed by atoms with Gasteiger partial charge in [-0.15, -0.1) is 0 Å². The van der Waals surface area contributed by atoms with Crippen molar-refractivity contribution >= 4 is 5.78 Å². The lowest BCUT2D eigenvalue weighted by Crippen LogP contribution is -2.08. The number of hydrogen-bond acceptors (Lipinski definition) is 3. The SMILES string of the molecule is COc1ccc(CCC(=O)Cc2nccn2C)cc1. The first-order chi connectivity index (χ1) is 9.19. The Kier molecular flexibility index (Phi) is 4.34. The zero-order chi connectivity index (χ0) is 13.7. The van der Waals surface area contributed by atoms with Gasteiger partial charge in [-0.3, -0.25) is 4.79 Å². The van der Waals surface area contributed by atoms with Crippen LogP contribution < -0.4 is 4.74 Å². The number of aryl methyl sites for hydroxylation is 2. The second-order valence-electron chi connectivity index (χ2n) is 4.52. The van der Waals surface area contributed by atoms with Crippen molar-refractivity contribution in [1.82, 2.24) is 9.55 Å². The Morgan fingerprint density at radius 2 is 2.05 bits per heavy atom. The summed E-state index contributed by atoms with van der Waals surface area (Å²) >= 11 is 0. The van der Waals surface area contributed by atoms with Crippen molar-refractivity contribution in [2.75, 3.05) is 7.11 Å². The van der Waals surface area contributed by atoms with Crippen molar-refractivity contribution in [2.24, 2.45) is 7.05 Å². The molecule has 0 atom stereocenters. The molecule has 1 aromatic carbocycles. The summed E-state index contributed by atoms with van der Waals surface area (Å²) in [5.41, 5.74) is 1.15. The molecule has 0 saturated carbocycles. The number of benzene rings is 1. The maximum atomic E-state index is 11.9. The molecule has 4 nitrogen and oxygen atoms in total. The normalized spacial score (nSPS) is 10.4. The number of aromatic nitrogens is 2. The molecule has 0 aliphatic rings. The number of carbonyl (C=O) groups excluding carboxylic acids is 1. The molecule has 0 bridgehead atoms. The highest BCUT2D eigenvalue weighted by molar-refractivity contribution is 5.80. The van der Waals surface area contributed by atoms with Gasteiger partial charge in [0.15, 0.2) is 0 Å². The molecule has 0 aliphatic heterocycles. The highest BCUT2D eigenvalue weighted by atomic mass is 16.5. The van der Waals surface area contributed by atoms with Crippen molar-refractivity contribution < 1.29 is 9.53 Å². The fourth-order valence-corrected chi connectivity index (χ4v) is 1.91. The van der Waals surface area contributed by atoms with E-state index in [9.17, 15) is 4.79 Å². The van der Waals surface area contributed by atoms with Gasteiger partial charge in [-0.1, -0.05) is 12.1 Å². The molecule has 0 amide bonds. The molecule has 19 heavy (non-hydrogen) atoms. The Bertz CT molecular complexity index is 544. The second kappa shape index (κ2) is 6.18. The molecule has 2 rings (SSSR count). The molecule has 4 heteroatoms. The standard InChI is InChI=1S/C15H18N2O2/c1-17-10-9-16-15(17)11-13(18)6-3-12-4-7-14(19-2)8-5-12/h4-5,7-10H,3,6,11H2,1-2H3. The van der Waals surface area contributed by atoms with E-state index in [0.29, 0.717) is 12.8 Å². The van der Waals surface area contributed by atoms with Gasteiger partial charge in [-0.25, -0.2) is 4.98 Å². The second-order valence-corrected chi connectivity index (χ2v) is 4.52. The van der Waals surface area contributed by atoms with Gasteiger partial charge < -0.3 is 9.30 Å².